The van der Waals surface area contributed by atoms with Gasteiger partial charge in [0.15, 0.2) is 0 Å². The third kappa shape index (κ3) is 1.84. The van der Waals surface area contributed by atoms with Crippen LogP contribution in [0.3, 0.4) is 0 Å². The van der Waals surface area contributed by atoms with E-state index >= 15 is 0 Å². The topological polar surface area (TPSA) is 109 Å². The maximum atomic E-state index is 11.2. The van der Waals surface area contributed by atoms with Gasteiger partial charge in [0.2, 0.25) is 0 Å². The molecule has 0 atom stereocenters. The minimum Gasteiger partial charge on any atom is -0.478 e. The van der Waals surface area contributed by atoms with Gasteiger partial charge >= 0.3 is 5.97 Å². The number of benzene rings is 2. The second-order valence-corrected chi connectivity index (χ2v) is 3.75. The summed E-state index contributed by atoms with van der Waals surface area (Å²) in [6.45, 7) is 0. The van der Waals surface area contributed by atoms with Crippen LogP contribution in [0.15, 0.2) is 24.3 Å². The summed E-state index contributed by atoms with van der Waals surface area (Å²) in [6, 6.07) is 11.1. The van der Waals surface area contributed by atoms with Gasteiger partial charge in [-0.15, -0.1) is 0 Å². The Morgan fingerprint density at radius 2 is 1.74 bits per heavy atom. The average Bonchev–Trinajstić information content (AvgIpc) is 2.44. The van der Waals surface area contributed by atoms with E-state index in [2.05, 4.69) is 0 Å². The van der Waals surface area contributed by atoms with E-state index in [0.29, 0.717) is 10.8 Å². The minimum absolute atomic E-state index is 0.0601. The zero-order valence-corrected chi connectivity index (χ0v) is 9.51. The van der Waals surface area contributed by atoms with Gasteiger partial charge in [0.05, 0.1) is 28.3 Å². The van der Waals surface area contributed by atoms with E-state index in [0.717, 1.165) is 0 Å². The molecular weight excluding hydrogens is 242 g/mol. The Morgan fingerprint density at radius 1 is 1.00 bits per heavy atom. The average molecular weight is 247 g/mol. The molecule has 5 nitrogen and oxygen atoms in total. The molecular formula is C14H5N3O2. The van der Waals surface area contributed by atoms with Gasteiger partial charge in [-0.3, -0.25) is 0 Å². The third-order valence-electron chi connectivity index (χ3n) is 2.73. The SMILES string of the molecule is N#Cc1cc(C(=O)O)c2ccc(C#N)c(C#N)c2c1. The standard InChI is InChI=1S/C14H5N3O2/c15-5-8-3-11-10(12(4-8)14(18)19)2-1-9(6-16)13(11)7-17/h1-4H,(H,18,19). The molecule has 0 bridgehead atoms. The van der Waals surface area contributed by atoms with E-state index in [1.54, 1.807) is 0 Å². The van der Waals surface area contributed by atoms with Gasteiger partial charge in [-0.25, -0.2) is 4.79 Å². The third-order valence-corrected chi connectivity index (χ3v) is 2.73. The van der Waals surface area contributed by atoms with Crippen LogP contribution in [0.1, 0.15) is 27.0 Å². The van der Waals surface area contributed by atoms with Crippen LogP contribution >= 0.6 is 0 Å². The van der Waals surface area contributed by atoms with Crippen LogP contribution in [-0.2, 0) is 0 Å². The van der Waals surface area contributed by atoms with Gasteiger partial charge in [0.25, 0.3) is 0 Å². The molecule has 2 aromatic carbocycles. The van der Waals surface area contributed by atoms with Gasteiger partial charge in [-0.05, 0) is 23.6 Å². The van der Waals surface area contributed by atoms with Gasteiger partial charge in [0, 0.05) is 5.39 Å². The van der Waals surface area contributed by atoms with Crippen molar-refractivity contribution in [3.8, 4) is 18.2 Å². The molecule has 0 aliphatic carbocycles. The highest BCUT2D eigenvalue weighted by Gasteiger charge is 2.15. The molecule has 0 saturated carbocycles. The largest absolute Gasteiger partial charge is 0.478 e. The number of carboxylic acids is 1. The molecule has 0 aliphatic rings. The number of nitriles is 3. The summed E-state index contributed by atoms with van der Waals surface area (Å²) in [5.74, 6) is -1.18. The fourth-order valence-electron chi connectivity index (χ4n) is 1.89. The molecule has 1 N–H and O–H groups in total. The van der Waals surface area contributed by atoms with Crippen molar-refractivity contribution in [2.45, 2.75) is 0 Å². The van der Waals surface area contributed by atoms with Crippen LogP contribution in [0.25, 0.3) is 10.8 Å². The molecule has 0 aromatic heterocycles. The van der Waals surface area contributed by atoms with Crippen molar-refractivity contribution in [1.82, 2.24) is 0 Å². The lowest BCUT2D eigenvalue weighted by Crippen LogP contribution is -2.00. The number of nitrogens with zero attached hydrogens (tertiary/aromatic N) is 3. The second-order valence-electron chi connectivity index (χ2n) is 3.75. The monoisotopic (exact) mass is 247 g/mol. The fourth-order valence-corrected chi connectivity index (χ4v) is 1.89. The van der Waals surface area contributed by atoms with Crippen molar-refractivity contribution in [2.75, 3.05) is 0 Å². The first-order chi connectivity index (χ1) is 9.12. The fraction of sp³-hybridized carbons (Fsp3) is 0. The first-order valence-corrected chi connectivity index (χ1v) is 5.16. The minimum atomic E-state index is -1.18. The maximum absolute atomic E-state index is 11.2. The van der Waals surface area contributed by atoms with Crippen LogP contribution in [0, 0.1) is 34.0 Å². The van der Waals surface area contributed by atoms with Crippen molar-refractivity contribution in [3.05, 3.63) is 46.5 Å². The summed E-state index contributed by atoms with van der Waals surface area (Å²) < 4.78 is 0. The zero-order valence-electron chi connectivity index (χ0n) is 9.51. The highest BCUT2D eigenvalue weighted by molar-refractivity contribution is 6.06. The van der Waals surface area contributed by atoms with Gasteiger partial charge < -0.3 is 5.11 Å². The quantitative estimate of drug-likeness (QED) is 0.830. The first-order valence-electron chi connectivity index (χ1n) is 5.16. The summed E-state index contributed by atoms with van der Waals surface area (Å²) in [5, 5.41) is 36.7. The molecule has 0 fully saturated rings. The molecule has 0 heterocycles. The van der Waals surface area contributed by atoms with Gasteiger partial charge in [-0.2, -0.15) is 15.8 Å². The van der Waals surface area contributed by atoms with Crippen LogP contribution < -0.4 is 0 Å². The normalized spacial score (nSPS) is 9.32. The summed E-state index contributed by atoms with van der Waals surface area (Å²) >= 11 is 0. The summed E-state index contributed by atoms with van der Waals surface area (Å²) in [7, 11) is 0. The van der Waals surface area contributed by atoms with Gasteiger partial charge in [0.1, 0.15) is 12.1 Å². The molecule has 2 rings (SSSR count). The van der Waals surface area contributed by atoms with E-state index in [1.807, 2.05) is 18.2 Å². The predicted octanol–water partition coefficient (Wildman–Crippen LogP) is 2.15. The summed E-state index contributed by atoms with van der Waals surface area (Å²) in [4.78, 5) is 11.2. The van der Waals surface area contributed by atoms with Crippen LogP contribution in [0.4, 0.5) is 0 Å². The number of carboxylic acid groups (broad SMARTS) is 1. The lowest BCUT2D eigenvalue weighted by atomic mass is 9.95. The van der Waals surface area contributed by atoms with Crippen molar-refractivity contribution >= 4 is 16.7 Å². The molecule has 0 amide bonds. The summed E-state index contributed by atoms with van der Waals surface area (Å²) in [6.07, 6.45) is 0. The molecule has 0 spiro atoms. The Bertz CT molecular complexity index is 833. The van der Waals surface area contributed by atoms with E-state index in [-0.39, 0.29) is 22.3 Å². The smallest absolute Gasteiger partial charge is 0.336 e. The zero-order chi connectivity index (χ0) is 14.0. The van der Waals surface area contributed by atoms with E-state index in [4.69, 9.17) is 20.9 Å². The molecule has 5 heteroatoms. The molecule has 0 unspecified atom stereocenters. The Kier molecular flexibility index (Phi) is 2.86. The van der Waals surface area contributed by atoms with E-state index in [9.17, 15) is 4.79 Å². The van der Waals surface area contributed by atoms with Crippen LogP contribution in [0.2, 0.25) is 0 Å². The van der Waals surface area contributed by atoms with Crippen molar-refractivity contribution < 1.29 is 9.90 Å². The predicted molar refractivity (Wildman–Crippen MR) is 65.1 cm³/mol. The molecule has 88 valence electrons. The lowest BCUT2D eigenvalue weighted by molar-refractivity contribution is 0.0699. The molecule has 0 saturated heterocycles. The number of hydrogen-bond acceptors (Lipinski definition) is 4. The number of hydrogen-bond donors (Lipinski definition) is 1. The maximum Gasteiger partial charge on any atom is 0.336 e. The van der Waals surface area contributed by atoms with Crippen molar-refractivity contribution in [3.63, 3.8) is 0 Å². The number of fused-ring (bicyclic) bond motifs is 1. The Morgan fingerprint density at radius 3 is 2.26 bits per heavy atom. The molecule has 0 aliphatic heterocycles. The number of aromatic carboxylic acids is 1. The van der Waals surface area contributed by atoms with Crippen LogP contribution in [-0.4, -0.2) is 11.1 Å². The first kappa shape index (κ1) is 12.1. The van der Waals surface area contributed by atoms with Crippen molar-refractivity contribution in [1.29, 1.82) is 15.8 Å². The molecule has 19 heavy (non-hydrogen) atoms. The number of rotatable bonds is 1. The molecule has 2 aromatic rings. The Hall–Kier alpha value is -3.36. The lowest BCUT2D eigenvalue weighted by Gasteiger charge is -2.06. The second kappa shape index (κ2) is 4.49. The highest BCUT2D eigenvalue weighted by Crippen LogP contribution is 2.26. The highest BCUT2D eigenvalue weighted by atomic mass is 16.4. The summed E-state index contributed by atoms with van der Waals surface area (Å²) in [5.41, 5.74) is 0.313. The Balaban J connectivity index is 3.04. The number of carbonyl (C=O) groups is 1. The van der Waals surface area contributed by atoms with Gasteiger partial charge in [-0.1, -0.05) is 6.07 Å². The van der Waals surface area contributed by atoms with E-state index in [1.165, 1.54) is 24.3 Å². The van der Waals surface area contributed by atoms with Crippen molar-refractivity contribution in [2.24, 2.45) is 0 Å². The van der Waals surface area contributed by atoms with Crippen LogP contribution in [0.5, 0.6) is 0 Å². The Labute approximate surface area is 108 Å². The molecule has 0 radical (unpaired) electrons. The van der Waals surface area contributed by atoms with E-state index < -0.39 is 5.97 Å².